The van der Waals surface area contributed by atoms with E-state index in [0.717, 1.165) is 17.7 Å². The highest BCUT2D eigenvalue weighted by atomic mass is 19.1. The monoisotopic (exact) mass is 368 g/mol. The van der Waals surface area contributed by atoms with Crippen molar-refractivity contribution in [1.29, 1.82) is 0 Å². The minimum absolute atomic E-state index is 0.0508. The number of rotatable bonds is 4. The fraction of sp³-hybridized carbons (Fsp3) is 0.316. The number of amides is 1. The third-order valence-electron chi connectivity index (χ3n) is 4.88. The lowest BCUT2D eigenvalue weighted by atomic mass is 9.90. The van der Waals surface area contributed by atoms with Crippen LogP contribution < -0.4 is 10.6 Å². The normalized spacial score (nSPS) is 19.4. The van der Waals surface area contributed by atoms with Crippen LogP contribution in [0.2, 0.25) is 0 Å². The number of aryl methyl sites for hydroxylation is 2. The maximum Gasteiger partial charge on any atom is 0.229 e. The van der Waals surface area contributed by atoms with Gasteiger partial charge in [0, 0.05) is 44.1 Å². The van der Waals surface area contributed by atoms with Crippen LogP contribution in [0.4, 0.5) is 10.1 Å². The first-order valence-electron chi connectivity index (χ1n) is 8.82. The van der Waals surface area contributed by atoms with E-state index in [1.807, 2.05) is 20.2 Å². The van der Waals surface area contributed by atoms with Crippen molar-refractivity contribution < 1.29 is 9.18 Å². The first-order chi connectivity index (χ1) is 13.0. The molecular formula is C19H21FN6O. The summed E-state index contributed by atoms with van der Waals surface area (Å²) >= 11 is 0. The van der Waals surface area contributed by atoms with Crippen molar-refractivity contribution >= 4 is 11.6 Å². The smallest absolute Gasteiger partial charge is 0.229 e. The number of anilines is 1. The van der Waals surface area contributed by atoms with E-state index in [4.69, 9.17) is 0 Å². The number of halogens is 1. The molecule has 1 amide bonds. The molecule has 4 rings (SSSR count). The second kappa shape index (κ2) is 6.96. The van der Waals surface area contributed by atoms with E-state index in [1.165, 1.54) is 10.7 Å². The van der Waals surface area contributed by atoms with E-state index in [1.54, 1.807) is 35.4 Å². The lowest BCUT2D eigenvalue weighted by molar-refractivity contribution is -0.119. The van der Waals surface area contributed by atoms with Crippen molar-refractivity contribution in [3.63, 3.8) is 0 Å². The molecule has 1 aromatic carbocycles. The van der Waals surface area contributed by atoms with Gasteiger partial charge in [0.15, 0.2) is 5.82 Å². The zero-order chi connectivity index (χ0) is 19.0. The zero-order valence-electron chi connectivity index (χ0n) is 15.2. The Morgan fingerprint density at radius 3 is 2.78 bits per heavy atom. The molecule has 3 aromatic rings. The van der Waals surface area contributed by atoms with Gasteiger partial charge >= 0.3 is 0 Å². The number of aromatic nitrogens is 4. The zero-order valence-corrected chi connectivity index (χ0v) is 15.2. The van der Waals surface area contributed by atoms with Gasteiger partial charge in [0.2, 0.25) is 5.91 Å². The summed E-state index contributed by atoms with van der Waals surface area (Å²) in [6, 6.07) is 4.63. The van der Waals surface area contributed by atoms with Crippen molar-refractivity contribution in [3.8, 4) is 5.69 Å². The topological polar surface area (TPSA) is 76.8 Å². The van der Waals surface area contributed by atoms with Gasteiger partial charge in [0.1, 0.15) is 5.69 Å². The molecule has 2 aromatic heterocycles. The summed E-state index contributed by atoms with van der Waals surface area (Å²) in [5.41, 5.74) is 2.75. The van der Waals surface area contributed by atoms with Crippen molar-refractivity contribution in [3.05, 3.63) is 59.9 Å². The number of carbonyl (C=O) groups is 1. The molecular weight excluding hydrogens is 347 g/mol. The van der Waals surface area contributed by atoms with Crippen LogP contribution in [0.5, 0.6) is 0 Å². The number of nitrogens with zero attached hydrogens (tertiary/aromatic N) is 4. The predicted molar refractivity (Wildman–Crippen MR) is 99.2 cm³/mol. The molecule has 0 radical (unpaired) electrons. The van der Waals surface area contributed by atoms with E-state index in [9.17, 15) is 9.18 Å². The highest BCUT2D eigenvalue weighted by Crippen LogP contribution is 2.29. The SMILES string of the molecule is Cc1cnn(-c2ccc(NC(=O)[C@H]3CNC[C@@H]3c3cnn(C)c3)cc2F)c1. The van der Waals surface area contributed by atoms with Crippen molar-refractivity contribution in [2.75, 3.05) is 18.4 Å². The fourth-order valence-electron chi connectivity index (χ4n) is 3.49. The molecule has 0 bridgehead atoms. The van der Waals surface area contributed by atoms with E-state index in [2.05, 4.69) is 20.8 Å². The Labute approximate surface area is 156 Å². The summed E-state index contributed by atoms with van der Waals surface area (Å²) < 4.78 is 17.7. The summed E-state index contributed by atoms with van der Waals surface area (Å²) in [4.78, 5) is 12.8. The van der Waals surface area contributed by atoms with E-state index < -0.39 is 5.82 Å². The second-order valence-corrected chi connectivity index (χ2v) is 6.94. The quantitative estimate of drug-likeness (QED) is 0.738. The first-order valence-corrected chi connectivity index (χ1v) is 8.82. The molecule has 2 N–H and O–H groups in total. The molecule has 2 atom stereocenters. The highest BCUT2D eigenvalue weighted by molar-refractivity contribution is 5.93. The lowest BCUT2D eigenvalue weighted by Gasteiger charge is -2.17. The molecule has 27 heavy (non-hydrogen) atoms. The van der Waals surface area contributed by atoms with Gasteiger partial charge in [-0.3, -0.25) is 9.48 Å². The molecule has 1 saturated heterocycles. The third-order valence-corrected chi connectivity index (χ3v) is 4.88. The Balaban J connectivity index is 1.50. The summed E-state index contributed by atoms with van der Waals surface area (Å²) in [6.45, 7) is 3.19. The van der Waals surface area contributed by atoms with Gasteiger partial charge in [-0.15, -0.1) is 0 Å². The van der Waals surface area contributed by atoms with Gasteiger partial charge in [0.25, 0.3) is 0 Å². The average Bonchev–Trinajstić information content (AvgIpc) is 3.35. The minimum atomic E-state index is -0.441. The predicted octanol–water partition coefficient (Wildman–Crippen LogP) is 2.00. The van der Waals surface area contributed by atoms with Gasteiger partial charge in [-0.25, -0.2) is 9.07 Å². The van der Waals surface area contributed by atoms with Gasteiger partial charge < -0.3 is 10.6 Å². The summed E-state index contributed by atoms with van der Waals surface area (Å²) in [5.74, 6) is -0.749. The van der Waals surface area contributed by atoms with Crippen LogP contribution in [0.1, 0.15) is 17.0 Å². The Kier molecular flexibility index (Phi) is 4.49. The van der Waals surface area contributed by atoms with Crippen molar-refractivity contribution in [2.24, 2.45) is 13.0 Å². The molecule has 0 saturated carbocycles. The lowest BCUT2D eigenvalue weighted by Crippen LogP contribution is -2.28. The number of nitrogens with one attached hydrogen (secondary N) is 2. The van der Waals surface area contributed by atoms with Gasteiger partial charge in [0.05, 0.1) is 18.3 Å². The summed E-state index contributed by atoms with van der Waals surface area (Å²) in [7, 11) is 1.85. The van der Waals surface area contributed by atoms with E-state index >= 15 is 0 Å². The Bertz CT molecular complexity index is 978. The fourth-order valence-corrected chi connectivity index (χ4v) is 3.49. The molecule has 0 unspecified atom stereocenters. The number of benzene rings is 1. The second-order valence-electron chi connectivity index (χ2n) is 6.94. The molecule has 140 valence electrons. The molecule has 0 spiro atoms. The Morgan fingerprint density at radius 2 is 2.11 bits per heavy atom. The van der Waals surface area contributed by atoms with Gasteiger partial charge in [-0.1, -0.05) is 0 Å². The standard InChI is InChI=1S/C19H21FN6O/c1-12-6-23-26(10-12)18-4-3-14(5-17(18)20)24-19(27)16-9-21-8-15(16)13-7-22-25(2)11-13/h3-7,10-11,15-16,21H,8-9H2,1-2H3,(H,24,27)/t15-,16+/m1/s1. The average molecular weight is 368 g/mol. The first kappa shape index (κ1) is 17.4. The molecule has 7 nitrogen and oxygen atoms in total. The Morgan fingerprint density at radius 1 is 1.26 bits per heavy atom. The van der Waals surface area contributed by atoms with Gasteiger partial charge in [-0.05, 0) is 36.2 Å². The highest BCUT2D eigenvalue weighted by Gasteiger charge is 2.34. The molecule has 1 aliphatic rings. The van der Waals surface area contributed by atoms with E-state index in [0.29, 0.717) is 17.9 Å². The van der Waals surface area contributed by atoms with Crippen LogP contribution in [0.25, 0.3) is 5.69 Å². The summed E-state index contributed by atoms with van der Waals surface area (Å²) in [5, 5.41) is 14.4. The third kappa shape index (κ3) is 3.48. The van der Waals surface area contributed by atoms with Crippen LogP contribution in [-0.4, -0.2) is 38.6 Å². The van der Waals surface area contributed by atoms with Gasteiger partial charge in [-0.2, -0.15) is 10.2 Å². The van der Waals surface area contributed by atoms with Crippen molar-refractivity contribution in [2.45, 2.75) is 12.8 Å². The number of hydrogen-bond acceptors (Lipinski definition) is 4. The molecule has 1 fully saturated rings. The van der Waals surface area contributed by atoms with E-state index in [-0.39, 0.29) is 17.7 Å². The van der Waals surface area contributed by atoms with Crippen LogP contribution in [-0.2, 0) is 11.8 Å². The van der Waals surface area contributed by atoms with Crippen LogP contribution in [0, 0.1) is 18.7 Å². The molecule has 3 heterocycles. The number of carbonyl (C=O) groups excluding carboxylic acids is 1. The van der Waals surface area contributed by atoms with Crippen LogP contribution in [0.3, 0.4) is 0 Å². The van der Waals surface area contributed by atoms with Crippen LogP contribution >= 0.6 is 0 Å². The molecule has 1 aliphatic heterocycles. The maximum atomic E-state index is 14.5. The molecule has 8 heteroatoms. The van der Waals surface area contributed by atoms with Crippen LogP contribution in [0.15, 0.2) is 43.0 Å². The minimum Gasteiger partial charge on any atom is -0.326 e. The number of hydrogen-bond donors (Lipinski definition) is 2. The Hall–Kier alpha value is -3.00. The maximum absolute atomic E-state index is 14.5. The largest absolute Gasteiger partial charge is 0.326 e. The molecule has 0 aliphatic carbocycles. The summed E-state index contributed by atoms with van der Waals surface area (Å²) in [6.07, 6.45) is 7.14. The van der Waals surface area contributed by atoms with Crippen molar-refractivity contribution in [1.82, 2.24) is 24.9 Å².